The van der Waals surface area contributed by atoms with Crippen molar-refractivity contribution in [3.63, 3.8) is 0 Å². The summed E-state index contributed by atoms with van der Waals surface area (Å²) in [7, 11) is -2.65. The maximum absolute atomic E-state index is 11.4. The number of aromatic nitrogens is 2. The minimum Gasteiger partial charge on any atom is -0.409 e. The van der Waals surface area contributed by atoms with E-state index in [0.717, 1.165) is 0 Å². The standard InChI is InChI=1S/C7H14N6O3S/c1-4(17(2,9)15)3-10-7-5(6(8)11-14)12-16-13-7/h4,9,14H,3H2,1-2H3,(H2,8,11)(H,10,13). The molecule has 96 valence electrons. The van der Waals surface area contributed by atoms with Crippen molar-refractivity contribution in [1.29, 1.82) is 4.78 Å². The molecule has 0 fully saturated rings. The molecule has 1 aromatic rings. The summed E-state index contributed by atoms with van der Waals surface area (Å²) < 4.78 is 23.2. The van der Waals surface area contributed by atoms with Crippen molar-refractivity contribution in [1.82, 2.24) is 10.3 Å². The van der Waals surface area contributed by atoms with E-state index >= 15 is 0 Å². The summed E-state index contributed by atoms with van der Waals surface area (Å²) in [6, 6.07) is 0. The molecule has 1 rings (SSSR count). The van der Waals surface area contributed by atoms with Crippen LogP contribution in [0.3, 0.4) is 0 Å². The van der Waals surface area contributed by atoms with E-state index in [9.17, 15) is 4.21 Å². The highest BCUT2D eigenvalue weighted by atomic mass is 32.2. The monoisotopic (exact) mass is 262 g/mol. The molecule has 0 spiro atoms. The third kappa shape index (κ3) is 3.31. The van der Waals surface area contributed by atoms with Gasteiger partial charge in [-0.25, -0.2) is 8.84 Å². The van der Waals surface area contributed by atoms with Crippen LogP contribution in [0.15, 0.2) is 9.78 Å². The Hall–Kier alpha value is -1.84. The van der Waals surface area contributed by atoms with Gasteiger partial charge in [-0.1, -0.05) is 5.16 Å². The van der Waals surface area contributed by atoms with Gasteiger partial charge >= 0.3 is 0 Å². The molecular formula is C7H14N6O3S. The average molecular weight is 262 g/mol. The zero-order valence-corrected chi connectivity index (χ0v) is 10.2. The molecule has 2 unspecified atom stereocenters. The molecule has 0 bridgehead atoms. The highest BCUT2D eigenvalue weighted by Gasteiger charge is 2.17. The van der Waals surface area contributed by atoms with E-state index in [-0.39, 0.29) is 29.1 Å². The van der Waals surface area contributed by atoms with Crippen LogP contribution in [0.4, 0.5) is 5.82 Å². The lowest BCUT2D eigenvalue weighted by molar-refractivity contribution is 0.304. The molecule has 0 aliphatic carbocycles. The normalized spacial score (nSPS) is 17.4. The Morgan fingerprint density at radius 1 is 1.76 bits per heavy atom. The SMILES string of the molecule is CC(CNc1nonc1C(N)=NO)S(C)(=N)=O. The summed E-state index contributed by atoms with van der Waals surface area (Å²) in [6.45, 7) is 1.90. The summed E-state index contributed by atoms with van der Waals surface area (Å²) in [4.78, 5) is 0. The number of oxime groups is 1. The molecule has 0 radical (unpaired) electrons. The molecular weight excluding hydrogens is 248 g/mol. The Labute approximate surface area is 98.0 Å². The number of hydrogen-bond acceptors (Lipinski definition) is 8. The molecule has 0 aliphatic rings. The van der Waals surface area contributed by atoms with E-state index in [1.807, 2.05) is 0 Å². The summed E-state index contributed by atoms with van der Waals surface area (Å²) in [5, 5.41) is 20.6. The van der Waals surface area contributed by atoms with Gasteiger partial charge in [0.15, 0.2) is 11.5 Å². The van der Waals surface area contributed by atoms with E-state index in [1.54, 1.807) is 6.92 Å². The van der Waals surface area contributed by atoms with Gasteiger partial charge in [-0.15, -0.1) is 0 Å². The van der Waals surface area contributed by atoms with Gasteiger partial charge in [-0.05, 0) is 17.2 Å². The minimum atomic E-state index is -2.65. The Balaban J connectivity index is 2.74. The highest BCUT2D eigenvalue weighted by molar-refractivity contribution is 7.92. The van der Waals surface area contributed by atoms with Gasteiger partial charge in [0.2, 0.25) is 5.82 Å². The van der Waals surface area contributed by atoms with Crippen molar-refractivity contribution < 1.29 is 14.0 Å². The molecule has 0 saturated carbocycles. The zero-order valence-electron chi connectivity index (χ0n) is 9.38. The van der Waals surface area contributed by atoms with E-state index in [1.165, 1.54) is 6.26 Å². The molecule has 0 saturated heterocycles. The van der Waals surface area contributed by atoms with Gasteiger partial charge in [0.25, 0.3) is 0 Å². The van der Waals surface area contributed by atoms with Crippen molar-refractivity contribution in [2.75, 3.05) is 18.1 Å². The summed E-state index contributed by atoms with van der Waals surface area (Å²) >= 11 is 0. The van der Waals surface area contributed by atoms with Crippen molar-refractivity contribution >= 4 is 21.4 Å². The van der Waals surface area contributed by atoms with Crippen LogP contribution in [0.1, 0.15) is 12.6 Å². The van der Waals surface area contributed by atoms with E-state index in [2.05, 4.69) is 25.4 Å². The van der Waals surface area contributed by atoms with Crippen LogP contribution in [0, 0.1) is 4.78 Å². The largest absolute Gasteiger partial charge is 0.409 e. The average Bonchev–Trinajstić information content (AvgIpc) is 2.71. The first-order valence-electron chi connectivity index (χ1n) is 4.63. The second-order valence-corrected chi connectivity index (χ2v) is 6.15. The molecule has 17 heavy (non-hydrogen) atoms. The van der Waals surface area contributed by atoms with Crippen LogP contribution in [0.2, 0.25) is 0 Å². The van der Waals surface area contributed by atoms with Crippen molar-refractivity contribution in [3.05, 3.63) is 5.69 Å². The fraction of sp³-hybridized carbons (Fsp3) is 0.571. The molecule has 9 nitrogen and oxygen atoms in total. The molecule has 1 aromatic heterocycles. The zero-order chi connectivity index (χ0) is 13.1. The van der Waals surface area contributed by atoms with E-state index in [4.69, 9.17) is 15.7 Å². The third-order valence-electron chi connectivity index (χ3n) is 2.16. The molecule has 0 aliphatic heterocycles. The van der Waals surface area contributed by atoms with Crippen LogP contribution in [0.25, 0.3) is 0 Å². The van der Waals surface area contributed by atoms with Crippen LogP contribution in [0.5, 0.6) is 0 Å². The maximum Gasteiger partial charge on any atom is 0.202 e. The van der Waals surface area contributed by atoms with E-state index < -0.39 is 9.73 Å². The molecule has 2 atom stereocenters. The van der Waals surface area contributed by atoms with Gasteiger partial charge in [0.1, 0.15) is 0 Å². The summed E-state index contributed by atoms with van der Waals surface area (Å²) in [6.07, 6.45) is 1.35. The predicted octanol–water partition coefficient (Wildman–Crippen LogP) is -0.359. The lowest BCUT2D eigenvalue weighted by Crippen LogP contribution is -2.25. The van der Waals surface area contributed by atoms with Crippen LogP contribution in [-0.2, 0) is 9.73 Å². The van der Waals surface area contributed by atoms with Crippen molar-refractivity contribution in [2.24, 2.45) is 10.9 Å². The first-order valence-corrected chi connectivity index (χ1v) is 6.66. The van der Waals surface area contributed by atoms with Gasteiger partial charge in [0.05, 0.1) is 5.25 Å². The smallest absolute Gasteiger partial charge is 0.202 e. The number of rotatable bonds is 5. The predicted molar refractivity (Wildman–Crippen MR) is 61.5 cm³/mol. The van der Waals surface area contributed by atoms with Crippen LogP contribution in [-0.4, -0.2) is 43.6 Å². The number of nitrogens with two attached hydrogens (primary N) is 1. The summed E-state index contributed by atoms with van der Waals surface area (Å²) in [5.74, 6) is -0.0692. The number of amidine groups is 1. The first-order chi connectivity index (χ1) is 7.86. The van der Waals surface area contributed by atoms with Crippen molar-refractivity contribution in [3.8, 4) is 0 Å². The summed E-state index contributed by atoms with van der Waals surface area (Å²) in [5.41, 5.74) is 5.40. The van der Waals surface area contributed by atoms with Gasteiger partial charge in [-0.3, -0.25) is 4.78 Å². The topological polar surface area (TPSA) is 150 Å². The van der Waals surface area contributed by atoms with Gasteiger partial charge in [0, 0.05) is 22.5 Å². The second kappa shape index (κ2) is 4.99. The fourth-order valence-electron chi connectivity index (χ4n) is 0.919. The Morgan fingerprint density at radius 2 is 2.41 bits per heavy atom. The maximum atomic E-state index is 11.4. The second-order valence-electron chi connectivity index (χ2n) is 3.54. The number of nitrogens with zero attached hydrogens (tertiary/aromatic N) is 3. The first kappa shape index (κ1) is 13.2. The number of anilines is 1. The van der Waals surface area contributed by atoms with Gasteiger partial charge in [-0.2, -0.15) is 0 Å². The van der Waals surface area contributed by atoms with E-state index in [0.29, 0.717) is 0 Å². The molecule has 0 amide bonds. The fourth-order valence-corrected chi connectivity index (χ4v) is 1.32. The van der Waals surface area contributed by atoms with Gasteiger partial charge < -0.3 is 16.3 Å². The molecule has 10 heteroatoms. The Morgan fingerprint density at radius 3 is 2.94 bits per heavy atom. The van der Waals surface area contributed by atoms with Crippen molar-refractivity contribution in [2.45, 2.75) is 12.2 Å². The number of hydrogen-bond donors (Lipinski definition) is 4. The quantitative estimate of drug-likeness (QED) is 0.245. The minimum absolute atomic E-state index is 0.0623. The number of nitrogens with one attached hydrogen (secondary N) is 2. The Kier molecular flexibility index (Phi) is 3.89. The Bertz CT molecular complexity index is 507. The van der Waals surface area contributed by atoms with Crippen LogP contribution >= 0.6 is 0 Å². The molecule has 0 aromatic carbocycles. The van der Waals surface area contributed by atoms with Crippen LogP contribution < -0.4 is 11.1 Å². The lowest BCUT2D eigenvalue weighted by atomic mass is 10.4. The lowest BCUT2D eigenvalue weighted by Gasteiger charge is -2.11. The molecule has 1 heterocycles. The molecule has 5 N–H and O–H groups in total. The third-order valence-corrected chi connectivity index (χ3v) is 3.87. The highest BCUT2D eigenvalue weighted by Crippen LogP contribution is 2.10.